The van der Waals surface area contributed by atoms with Gasteiger partial charge in [0.1, 0.15) is 6.61 Å². The first-order chi connectivity index (χ1) is 20.1. The van der Waals surface area contributed by atoms with Crippen molar-refractivity contribution in [1.82, 2.24) is 10.2 Å². The molecule has 0 aliphatic carbocycles. The number of likely N-dealkylation sites (N-methyl/N-ethyl adjacent to an activating group) is 1. The van der Waals surface area contributed by atoms with Gasteiger partial charge in [0.15, 0.2) is 0 Å². The Bertz CT molecular complexity index is 1430. The monoisotopic (exact) mass is 593 g/mol. The molecule has 0 amide bonds. The molecule has 2 atom stereocenters. The predicted octanol–water partition coefficient (Wildman–Crippen LogP) is 6.91. The van der Waals surface area contributed by atoms with Crippen LogP contribution >= 0.6 is 7.37 Å². The summed E-state index contributed by atoms with van der Waals surface area (Å²) in [5.74, 6) is -1.46. The molecule has 3 rings (SSSR count). The lowest BCUT2D eigenvalue weighted by Crippen LogP contribution is -2.31. The van der Waals surface area contributed by atoms with Gasteiger partial charge in [0.2, 0.25) is 7.37 Å². The minimum absolute atomic E-state index is 0.104. The van der Waals surface area contributed by atoms with Crippen LogP contribution < -0.4 is 5.32 Å². The number of nitrogens with one attached hydrogen (secondary N) is 1. The third-order valence-corrected chi connectivity index (χ3v) is 9.51. The van der Waals surface area contributed by atoms with Crippen molar-refractivity contribution in [2.75, 3.05) is 33.0 Å². The van der Waals surface area contributed by atoms with Crippen LogP contribution in [0.15, 0.2) is 101 Å². The summed E-state index contributed by atoms with van der Waals surface area (Å²) in [5, 5.41) is 15.3. The number of carbonyl (C=O) groups excluding carboxylic acids is 1. The van der Waals surface area contributed by atoms with Gasteiger partial charge in [0.05, 0.1) is 23.0 Å². The molecule has 2 aromatic rings. The topological polar surface area (TPSA) is 111 Å². The maximum atomic E-state index is 14.6. The first kappa shape index (κ1) is 32.7. The van der Waals surface area contributed by atoms with Gasteiger partial charge in [0, 0.05) is 48.1 Å². The maximum Gasteiger partial charge on any atom is 0.336 e. The summed E-state index contributed by atoms with van der Waals surface area (Å²) in [6.07, 6.45) is 7.24. The van der Waals surface area contributed by atoms with Gasteiger partial charge in [-0.15, -0.1) is 0 Å². The lowest BCUT2D eigenvalue weighted by Gasteiger charge is -2.35. The summed E-state index contributed by atoms with van der Waals surface area (Å²) >= 11 is 0. The number of hydrogen-bond acceptors (Lipinski definition) is 8. The standard InChI is InChI=1S/C32H40N3O6P/c1-6-8-19-41-42(39,21-9-7-2)31-25(4)33-24(3)29(30(31)27-16-13-17-28(22-27)35(37)38)32(36)40-20-18-34(5)23-26-14-11-10-12-15-26/h6-17,22,30,33H,18-21,23H2,1-5H3/b8-6+,9-7+. The number of dihydropyridines is 1. The number of nitrogens with zero attached hydrogens (tertiary/aromatic N) is 2. The van der Waals surface area contributed by atoms with Crippen molar-refractivity contribution in [1.29, 1.82) is 0 Å². The molecular weight excluding hydrogens is 553 g/mol. The number of benzene rings is 2. The summed E-state index contributed by atoms with van der Waals surface area (Å²) < 4.78 is 26.5. The van der Waals surface area contributed by atoms with Crippen molar-refractivity contribution in [2.24, 2.45) is 0 Å². The van der Waals surface area contributed by atoms with Crippen LogP contribution in [0.4, 0.5) is 5.69 Å². The van der Waals surface area contributed by atoms with Crippen LogP contribution in [0.3, 0.4) is 0 Å². The first-order valence-electron chi connectivity index (χ1n) is 13.9. The minimum atomic E-state index is -3.58. The van der Waals surface area contributed by atoms with Gasteiger partial charge in [0.25, 0.3) is 5.69 Å². The number of nitro benzene ring substituents is 1. The summed E-state index contributed by atoms with van der Waals surface area (Å²) in [7, 11) is -1.63. The zero-order valence-electron chi connectivity index (χ0n) is 24.9. The normalized spacial score (nSPS) is 17.1. The van der Waals surface area contributed by atoms with Crippen LogP contribution in [0.5, 0.6) is 0 Å². The highest BCUT2D eigenvalue weighted by Crippen LogP contribution is 2.63. The number of non-ortho nitro benzene ring substituents is 1. The van der Waals surface area contributed by atoms with E-state index >= 15 is 0 Å². The van der Waals surface area contributed by atoms with Gasteiger partial charge in [-0.2, -0.15) is 0 Å². The molecular formula is C32H40N3O6P. The van der Waals surface area contributed by atoms with E-state index in [2.05, 4.69) is 10.2 Å². The molecule has 0 bridgehead atoms. The molecule has 1 heterocycles. The molecule has 0 saturated carbocycles. The first-order valence-corrected chi connectivity index (χ1v) is 15.7. The molecule has 1 N–H and O–H groups in total. The zero-order valence-corrected chi connectivity index (χ0v) is 25.8. The maximum absolute atomic E-state index is 14.6. The van der Waals surface area contributed by atoms with E-state index < -0.39 is 24.2 Å². The highest BCUT2D eigenvalue weighted by atomic mass is 31.2. The van der Waals surface area contributed by atoms with Gasteiger partial charge >= 0.3 is 5.97 Å². The fourth-order valence-corrected chi connectivity index (χ4v) is 7.41. The van der Waals surface area contributed by atoms with E-state index in [0.29, 0.717) is 35.4 Å². The Morgan fingerprint density at radius 2 is 1.79 bits per heavy atom. The zero-order chi connectivity index (χ0) is 30.7. The predicted molar refractivity (Wildman–Crippen MR) is 166 cm³/mol. The molecule has 42 heavy (non-hydrogen) atoms. The van der Waals surface area contributed by atoms with Crippen LogP contribution in [0.25, 0.3) is 0 Å². The Morgan fingerprint density at radius 1 is 1.07 bits per heavy atom. The Balaban J connectivity index is 1.99. The van der Waals surface area contributed by atoms with Gasteiger partial charge in [-0.3, -0.25) is 19.6 Å². The van der Waals surface area contributed by atoms with Gasteiger partial charge < -0.3 is 14.6 Å². The number of rotatable bonds is 14. The SMILES string of the molecule is C/C=C/COP(=O)(C/C=C/C)C1=C(C)NC(C)=C(C(=O)OCCN(C)Cc2ccccc2)C1c1cccc([N+](=O)[O-])c1. The van der Waals surface area contributed by atoms with Crippen molar-refractivity contribution < 1.29 is 23.5 Å². The Hall–Kier alpha value is -3.78. The van der Waals surface area contributed by atoms with Gasteiger partial charge in [-0.1, -0.05) is 66.8 Å². The summed E-state index contributed by atoms with van der Waals surface area (Å²) in [6, 6.07) is 16.1. The summed E-state index contributed by atoms with van der Waals surface area (Å²) in [4.78, 5) is 27.0. The molecule has 0 aromatic heterocycles. The van der Waals surface area contributed by atoms with E-state index in [0.717, 1.165) is 5.56 Å². The molecule has 0 spiro atoms. The Labute approximate surface area is 248 Å². The third kappa shape index (κ3) is 8.38. The highest BCUT2D eigenvalue weighted by molar-refractivity contribution is 7.63. The lowest BCUT2D eigenvalue weighted by molar-refractivity contribution is -0.384. The van der Waals surface area contributed by atoms with Crippen molar-refractivity contribution >= 4 is 19.0 Å². The molecule has 0 fully saturated rings. The van der Waals surface area contributed by atoms with E-state index in [-0.39, 0.29) is 30.6 Å². The molecule has 10 heteroatoms. The van der Waals surface area contributed by atoms with E-state index in [1.165, 1.54) is 12.1 Å². The summed E-state index contributed by atoms with van der Waals surface area (Å²) in [5.41, 5.74) is 2.83. The van der Waals surface area contributed by atoms with Gasteiger partial charge in [-0.05, 0) is 45.9 Å². The summed E-state index contributed by atoms with van der Waals surface area (Å²) in [6.45, 7) is 8.64. The second-order valence-electron chi connectivity index (χ2n) is 10.1. The van der Waals surface area contributed by atoms with Crippen LogP contribution in [0, 0.1) is 10.1 Å². The number of nitro groups is 1. The largest absolute Gasteiger partial charge is 0.461 e. The van der Waals surface area contributed by atoms with Crippen molar-refractivity contribution in [3.63, 3.8) is 0 Å². The lowest BCUT2D eigenvalue weighted by atomic mass is 9.86. The van der Waals surface area contributed by atoms with E-state index in [9.17, 15) is 19.5 Å². The van der Waals surface area contributed by atoms with E-state index in [1.54, 1.807) is 50.3 Å². The fraction of sp³-hybridized carbons (Fsp3) is 0.344. The number of carbonyl (C=O) groups is 1. The van der Waals surface area contributed by atoms with Crippen molar-refractivity contribution in [3.8, 4) is 0 Å². The average Bonchev–Trinajstić information content (AvgIpc) is 2.96. The molecule has 1 aliphatic rings. The van der Waals surface area contributed by atoms with Crippen molar-refractivity contribution in [2.45, 2.75) is 40.2 Å². The molecule has 0 radical (unpaired) electrons. The molecule has 0 saturated heterocycles. The van der Waals surface area contributed by atoms with Gasteiger partial charge in [-0.25, -0.2) is 4.79 Å². The average molecular weight is 594 g/mol. The van der Waals surface area contributed by atoms with Crippen LogP contribution in [0.2, 0.25) is 0 Å². The second-order valence-corrected chi connectivity index (χ2v) is 12.6. The second kappa shape index (κ2) is 15.4. The Kier molecular flexibility index (Phi) is 12.0. The quantitative estimate of drug-likeness (QED) is 0.0827. The smallest absolute Gasteiger partial charge is 0.336 e. The highest BCUT2D eigenvalue weighted by Gasteiger charge is 2.43. The number of allylic oxidation sites excluding steroid dienone is 6. The number of esters is 1. The molecule has 1 aliphatic heterocycles. The third-order valence-electron chi connectivity index (χ3n) is 6.92. The number of ether oxygens (including phenoxy) is 1. The fourth-order valence-electron chi connectivity index (χ4n) is 4.92. The van der Waals surface area contributed by atoms with Crippen LogP contribution in [0.1, 0.15) is 44.7 Å². The molecule has 2 aromatic carbocycles. The van der Waals surface area contributed by atoms with Crippen LogP contribution in [-0.4, -0.2) is 48.8 Å². The molecule has 9 nitrogen and oxygen atoms in total. The molecule has 224 valence electrons. The number of hydrogen-bond donors (Lipinski definition) is 1. The van der Waals surface area contributed by atoms with E-state index in [1.807, 2.05) is 51.2 Å². The molecule has 2 unspecified atom stereocenters. The minimum Gasteiger partial charge on any atom is -0.461 e. The van der Waals surface area contributed by atoms with E-state index in [4.69, 9.17) is 9.26 Å². The van der Waals surface area contributed by atoms with Crippen LogP contribution in [-0.2, 0) is 25.2 Å². The van der Waals surface area contributed by atoms with Crippen molar-refractivity contribution in [3.05, 3.63) is 122 Å². The Morgan fingerprint density at radius 3 is 2.45 bits per heavy atom.